The minimum Gasteiger partial charge on any atom is -0.393 e. The maximum atomic E-state index is 8.10. The van der Waals surface area contributed by atoms with Crippen LogP contribution in [0, 0.1) is 0 Å². The van der Waals surface area contributed by atoms with Crippen LogP contribution in [0.25, 0.3) is 0 Å². The summed E-state index contributed by atoms with van der Waals surface area (Å²) in [7, 11) is 0. The lowest BCUT2D eigenvalue weighted by molar-refractivity contribution is 0.172. The standard InChI is InChI=1S/C2H5IO2/c3-2(5)1-4/h2,4-5H,1H2. The fourth-order valence-electron chi connectivity index (χ4n) is 0. The molecule has 1 atom stereocenters. The zero-order valence-corrected chi connectivity index (χ0v) is 4.71. The molecule has 0 amide bonds. The molecule has 0 saturated heterocycles. The third-order valence-electron chi connectivity index (χ3n) is 0.151. The number of aliphatic hydroxyl groups is 2. The second-order valence-electron chi connectivity index (χ2n) is 0.617. The normalized spacial score (nSPS) is 15.0. The van der Waals surface area contributed by atoms with E-state index in [0.29, 0.717) is 0 Å². The highest BCUT2D eigenvalue weighted by Crippen LogP contribution is 1.88. The van der Waals surface area contributed by atoms with Gasteiger partial charge in [-0.25, -0.2) is 0 Å². The van der Waals surface area contributed by atoms with Crippen molar-refractivity contribution in [3.05, 3.63) is 0 Å². The van der Waals surface area contributed by atoms with E-state index in [0.717, 1.165) is 0 Å². The molecule has 3 heteroatoms. The van der Waals surface area contributed by atoms with E-state index in [1.165, 1.54) is 0 Å². The second kappa shape index (κ2) is 2.87. The fourth-order valence-corrected chi connectivity index (χ4v) is 0. The van der Waals surface area contributed by atoms with Crippen molar-refractivity contribution in [1.82, 2.24) is 0 Å². The summed E-state index contributed by atoms with van der Waals surface area (Å²) in [5.74, 6) is 0. The first-order valence-corrected chi connectivity index (χ1v) is 2.45. The predicted molar refractivity (Wildman–Crippen MR) is 27.1 cm³/mol. The summed E-state index contributed by atoms with van der Waals surface area (Å²) < 4.78 is -0.590. The van der Waals surface area contributed by atoms with Gasteiger partial charge in [0.2, 0.25) is 0 Å². The number of hydrogen-bond donors (Lipinski definition) is 2. The van der Waals surface area contributed by atoms with Gasteiger partial charge in [0.05, 0.1) is 6.61 Å². The highest BCUT2D eigenvalue weighted by Gasteiger charge is 1.85. The van der Waals surface area contributed by atoms with E-state index in [2.05, 4.69) is 0 Å². The Kier molecular flexibility index (Phi) is 3.24. The van der Waals surface area contributed by atoms with E-state index in [1.54, 1.807) is 22.6 Å². The maximum absolute atomic E-state index is 8.10. The van der Waals surface area contributed by atoms with Gasteiger partial charge < -0.3 is 10.2 Å². The molecule has 0 aliphatic rings. The third kappa shape index (κ3) is 4.65. The maximum Gasteiger partial charge on any atom is 0.128 e. The molecular weight excluding hydrogens is 183 g/mol. The van der Waals surface area contributed by atoms with Crippen molar-refractivity contribution < 1.29 is 10.2 Å². The topological polar surface area (TPSA) is 40.5 Å². The zero-order valence-electron chi connectivity index (χ0n) is 2.56. The van der Waals surface area contributed by atoms with Crippen molar-refractivity contribution in [3.8, 4) is 0 Å². The Morgan fingerprint density at radius 3 is 2.00 bits per heavy atom. The van der Waals surface area contributed by atoms with Crippen molar-refractivity contribution >= 4 is 22.6 Å². The molecule has 0 aromatic rings. The first kappa shape index (κ1) is 5.65. The van der Waals surface area contributed by atoms with Crippen LogP contribution in [0.1, 0.15) is 0 Å². The lowest BCUT2D eigenvalue weighted by Crippen LogP contribution is -1.98. The van der Waals surface area contributed by atoms with Crippen molar-refractivity contribution in [2.24, 2.45) is 0 Å². The Labute approximate surface area is 44.0 Å². The molecule has 32 valence electrons. The highest BCUT2D eigenvalue weighted by molar-refractivity contribution is 14.1. The molecule has 0 radical (unpaired) electrons. The fraction of sp³-hybridized carbons (Fsp3) is 1.00. The summed E-state index contributed by atoms with van der Waals surface area (Å²) in [5.41, 5.74) is 0. The van der Waals surface area contributed by atoms with Crippen LogP contribution in [0.3, 0.4) is 0 Å². The Bertz CT molecular complexity index is 21.6. The Balaban J connectivity index is 2.54. The Morgan fingerprint density at radius 2 is 2.00 bits per heavy atom. The number of rotatable bonds is 1. The molecule has 2 nitrogen and oxygen atoms in total. The Morgan fingerprint density at radius 1 is 1.80 bits per heavy atom. The molecule has 0 aliphatic heterocycles. The summed E-state index contributed by atoms with van der Waals surface area (Å²) in [5, 5.41) is 16.0. The summed E-state index contributed by atoms with van der Waals surface area (Å²) >= 11 is 1.71. The van der Waals surface area contributed by atoms with E-state index in [4.69, 9.17) is 10.2 Å². The van der Waals surface area contributed by atoms with Crippen LogP contribution in [0.5, 0.6) is 0 Å². The largest absolute Gasteiger partial charge is 0.393 e. The quantitative estimate of drug-likeness (QED) is 0.439. The van der Waals surface area contributed by atoms with Gasteiger partial charge >= 0.3 is 0 Å². The average molecular weight is 188 g/mol. The average Bonchev–Trinajstić information content (AvgIpc) is 1.38. The summed E-state index contributed by atoms with van der Waals surface area (Å²) in [6.45, 7) is -0.152. The van der Waals surface area contributed by atoms with Gasteiger partial charge in [-0.3, -0.25) is 0 Å². The molecule has 0 bridgehead atoms. The second-order valence-corrected chi connectivity index (χ2v) is 2.05. The van der Waals surface area contributed by atoms with Crippen LogP contribution in [0.15, 0.2) is 0 Å². The van der Waals surface area contributed by atoms with Crippen LogP contribution >= 0.6 is 22.6 Å². The predicted octanol–water partition coefficient (Wildman–Crippen LogP) is -0.268. The molecule has 0 aliphatic carbocycles. The van der Waals surface area contributed by atoms with Gasteiger partial charge in [0.15, 0.2) is 0 Å². The minimum absolute atomic E-state index is 0.152. The van der Waals surface area contributed by atoms with Crippen LogP contribution in [-0.4, -0.2) is 20.9 Å². The third-order valence-corrected chi connectivity index (χ3v) is 0.545. The van der Waals surface area contributed by atoms with Gasteiger partial charge in [0.25, 0.3) is 0 Å². The summed E-state index contributed by atoms with van der Waals surface area (Å²) in [6, 6.07) is 0. The lowest BCUT2D eigenvalue weighted by Gasteiger charge is -1.87. The summed E-state index contributed by atoms with van der Waals surface area (Å²) in [6.07, 6.45) is 0. The van der Waals surface area contributed by atoms with Crippen molar-refractivity contribution in [1.29, 1.82) is 0 Å². The van der Waals surface area contributed by atoms with E-state index >= 15 is 0 Å². The smallest absolute Gasteiger partial charge is 0.128 e. The molecule has 0 fully saturated rings. The molecule has 0 aromatic heterocycles. The first-order valence-electron chi connectivity index (χ1n) is 1.20. The van der Waals surface area contributed by atoms with E-state index < -0.39 is 4.11 Å². The molecule has 2 N–H and O–H groups in total. The van der Waals surface area contributed by atoms with Crippen LogP contribution in [-0.2, 0) is 0 Å². The molecule has 0 heterocycles. The first-order chi connectivity index (χ1) is 2.27. The lowest BCUT2D eigenvalue weighted by atomic mass is 10.8. The highest BCUT2D eigenvalue weighted by atomic mass is 127. The molecule has 0 aromatic carbocycles. The van der Waals surface area contributed by atoms with Gasteiger partial charge in [-0.1, -0.05) is 0 Å². The van der Waals surface area contributed by atoms with Crippen LogP contribution < -0.4 is 0 Å². The molecule has 0 saturated carbocycles. The van der Waals surface area contributed by atoms with Crippen molar-refractivity contribution in [2.75, 3.05) is 6.61 Å². The van der Waals surface area contributed by atoms with Crippen LogP contribution in [0.4, 0.5) is 0 Å². The monoisotopic (exact) mass is 188 g/mol. The summed E-state index contributed by atoms with van der Waals surface area (Å²) in [4.78, 5) is 0. The van der Waals surface area contributed by atoms with Gasteiger partial charge in [-0.15, -0.1) is 0 Å². The van der Waals surface area contributed by atoms with Crippen molar-refractivity contribution in [3.63, 3.8) is 0 Å². The van der Waals surface area contributed by atoms with E-state index in [9.17, 15) is 0 Å². The number of aliphatic hydroxyl groups excluding tert-OH is 2. The SMILES string of the molecule is OCC(O)I. The van der Waals surface area contributed by atoms with Gasteiger partial charge in [-0.2, -0.15) is 0 Å². The molecule has 0 spiro atoms. The molecule has 0 rings (SSSR count). The number of hydrogen-bond acceptors (Lipinski definition) is 2. The Hall–Kier alpha value is 0.650. The molecule has 5 heavy (non-hydrogen) atoms. The van der Waals surface area contributed by atoms with E-state index in [1.807, 2.05) is 0 Å². The van der Waals surface area contributed by atoms with Crippen molar-refractivity contribution in [2.45, 2.75) is 4.11 Å². The minimum atomic E-state index is -0.590. The molecule has 1 unspecified atom stereocenters. The van der Waals surface area contributed by atoms with Gasteiger partial charge in [0.1, 0.15) is 4.11 Å². The number of halogens is 1. The van der Waals surface area contributed by atoms with Gasteiger partial charge in [0, 0.05) is 0 Å². The van der Waals surface area contributed by atoms with Gasteiger partial charge in [-0.05, 0) is 22.6 Å². The molecular formula is C2H5IO2. The van der Waals surface area contributed by atoms with Crippen LogP contribution in [0.2, 0.25) is 0 Å². The number of alkyl halides is 1. The zero-order chi connectivity index (χ0) is 4.28. The van der Waals surface area contributed by atoms with E-state index in [-0.39, 0.29) is 6.61 Å².